The van der Waals surface area contributed by atoms with Crippen molar-refractivity contribution in [1.82, 2.24) is 0 Å². The molecule has 4 fully saturated rings. The van der Waals surface area contributed by atoms with Gasteiger partial charge in [0, 0.05) is 0 Å². The van der Waals surface area contributed by atoms with Crippen molar-refractivity contribution in [2.24, 2.45) is 29.1 Å². The zero-order chi connectivity index (χ0) is 5.64. The lowest BCUT2D eigenvalue weighted by atomic mass is 9.72. The second kappa shape index (κ2) is 0.810. The fraction of sp³-hybridized carbons (Fsp3) is 1.00. The highest BCUT2D eigenvalue weighted by molar-refractivity contribution is 5.26. The van der Waals surface area contributed by atoms with Gasteiger partial charge in [0.25, 0.3) is 0 Å². The topological polar surface area (TPSA) is 0 Å². The zero-order valence-corrected chi connectivity index (χ0v) is 5.64. The Bertz CT molecular complexity index is 196. The molecule has 1 spiro atoms. The Morgan fingerprint density at radius 2 is 2.11 bits per heavy atom. The third-order valence-electron chi connectivity index (χ3n) is 4.69. The molecule has 4 rings (SSSR count). The second-order valence-corrected chi connectivity index (χ2v) is 4.84. The third-order valence-corrected chi connectivity index (χ3v) is 4.69. The van der Waals surface area contributed by atoms with Crippen molar-refractivity contribution in [3.63, 3.8) is 0 Å². The summed E-state index contributed by atoms with van der Waals surface area (Å²) in [6.07, 6.45) is 6.57. The van der Waals surface area contributed by atoms with E-state index in [1.165, 1.54) is 23.7 Å². The molecule has 0 heterocycles. The van der Waals surface area contributed by atoms with Gasteiger partial charge in [-0.25, -0.2) is 0 Å². The summed E-state index contributed by atoms with van der Waals surface area (Å²) in [6, 6.07) is 0. The first-order chi connectivity index (χ1) is 4.40. The fourth-order valence-electron chi connectivity index (χ4n) is 4.04. The average Bonchev–Trinajstić information content (AvgIpc) is 2.54. The van der Waals surface area contributed by atoms with Gasteiger partial charge in [0.1, 0.15) is 0 Å². The molecular weight excluding hydrogens is 108 g/mol. The summed E-state index contributed by atoms with van der Waals surface area (Å²) in [4.78, 5) is 0. The molecule has 5 atom stereocenters. The lowest BCUT2D eigenvalue weighted by Gasteiger charge is -2.32. The molecule has 4 unspecified atom stereocenters. The van der Waals surface area contributed by atoms with E-state index in [0.717, 1.165) is 5.41 Å². The van der Waals surface area contributed by atoms with Crippen molar-refractivity contribution in [3.05, 3.63) is 0 Å². The van der Waals surface area contributed by atoms with Gasteiger partial charge in [-0.2, -0.15) is 0 Å². The van der Waals surface area contributed by atoms with Gasteiger partial charge in [-0.1, -0.05) is 0 Å². The molecule has 4 aliphatic rings. The molecule has 0 aromatic carbocycles. The molecule has 0 nitrogen and oxygen atoms in total. The fourth-order valence-corrected chi connectivity index (χ4v) is 4.04. The van der Waals surface area contributed by atoms with Crippen LogP contribution in [0.25, 0.3) is 0 Å². The minimum atomic E-state index is 1.02. The first kappa shape index (κ1) is 4.00. The van der Waals surface area contributed by atoms with Crippen LogP contribution in [0.4, 0.5) is 0 Å². The van der Waals surface area contributed by atoms with Crippen LogP contribution in [0.15, 0.2) is 0 Å². The second-order valence-electron chi connectivity index (χ2n) is 4.84. The monoisotopic (exact) mass is 120 g/mol. The van der Waals surface area contributed by atoms with Crippen molar-refractivity contribution in [2.45, 2.75) is 25.7 Å². The maximum Gasteiger partial charge on any atom is -0.0232 e. The maximum absolute atomic E-state index is 1.66. The molecule has 0 heteroatoms. The molecule has 4 saturated carbocycles. The molecule has 0 radical (unpaired) electrons. The first-order valence-electron chi connectivity index (χ1n) is 4.40. The van der Waals surface area contributed by atoms with Gasteiger partial charge in [-0.05, 0) is 54.8 Å². The zero-order valence-electron chi connectivity index (χ0n) is 5.64. The molecule has 0 N–H and O–H groups in total. The Morgan fingerprint density at radius 1 is 1.11 bits per heavy atom. The highest BCUT2D eigenvalue weighted by Gasteiger charge is 2.77. The first-order valence-corrected chi connectivity index (χ1v) is 4.40. The summed E-state index contributed by atoms with van der Waals surface area (Å²) in [5, 5.41) is 0. The van der Waals surface area contributed by atoms with Crippen LogP contribution in [0.1, 0.15) is 25.7 Å². The molecule has 0 aromatic heterocycles. The van der Waals surface area contributed by atoms with E-state index in [2.05, 4.69) is 0 Å². The van der Waals surface area contributed by atoms with Gasteiger partial charge < -0.3 is 0 Å². The predicted octanol–water partition coefficient (Wildman–Crippen LogP) is 2.05. The summed E-state index contributed by atoms with van der Waals surface area (Å²) in [5.41, 5.74) is 1.02. The van der Waals surface area contributed by atoms with Crippen LogP contribution in [-0.2, 0) is 0 Å². The van der Waals surface area contributed by atoms with Crippen LogP contribution in [0, 0.1) is 29.1 Å². The molecule has 0 aliphatic heterocycles. The van der Waals surface area contributed by atoms with E-state index in [9.17, 15) is 0 Å². The lowest BCUT2D eigenvalue weighted by Crippen LogP contribution is -2.25. The van der Waals surface area contributed by atoms with Crippen molar-refractivity contribution in [3.8, 4) is 0 Å². The van der Waals surface area contributed by atoms with E-state index in [1.807, 2.05) is 0 Å². The molecular formula is C9H12. The van der Waals surface area contributed by atoms with Crippen LogP contribution in [0.3, 0.4) is 0 Å². The van der Waals surface area contributed by atoms with Crippen LogP contribution < -0.4 is 0 Å². The summed E-state index contributed by atoms with van der Waals surface area (Å²) in [6.45, 7) is 0. The number of rotatable bonds is 0. The van der Waals surface area contributed by atoms with Gasteiger partial charge in [0.15, 0.2) is 0 Å². The van der Waals surface area contributed by atoms with Crippen LogP contribution in [0.5, 0.6) is 0 Å². The molecule has 0 saturated heterocycles. The Kier molecular flexibility index (Phi) is 0.360. The largest absolute Gasteiger partial charge is 0.0467 e. The van der Waals surface area contributed by atoms with E-state index < -0.39 is 0 Å². The minimum absolute atomic E-state index is 1.02. The Labute approximate surface area is 55.6 Å². The van der Waals surface area contributed by atoms with Gasteiger partial charge in [-0.15, -0.1) is 0 Å². The maximum atomic E-state index is 1.66. The standard InChI is InChI=1S/C9H12/c1-5-3-9-4-6(9)2-8(9)7(1)5/h5-8H,1-4H2/t5?,6?,7-,8?,9?/m0/s1. The summed E-state index contributed by atoms with van der Waals surface area (Å²) >= 11 is 0. The predicted molar refractivity (Wildman–Crippen MR) is 34.9 cm³/mol. The highest BCUT2D eigenvalue weighted by Crippen LogP contribution is 2.85. The number of hydrogen-bond acceptors (Lipinski definition) is 0. The van der Waals surface area contributed by atoms with E-state index in [4.69, 9.17) is 0 Å². The molecule has 0 amide bonds. The van der Waals surface area contributed by atoms with E-state index in [0.29, 0.717) is 0 Å². The van der Waals surface area contributed by atoms with Crippen LogP contribution in [0.2, 0.25) is 0 Å². The van der Waals surface area contributed by atoms with Crippen molar-refractivity contribution >= 4 is 0 Å². The Balaban J connectivity index is 1.87. The van der Waals surface area contributed by atoms with Crippen molar-refractivity contribution in [1.29, 1.82) is 0 Å². The van der Waals surface area contributed by atoms with Gasteiger partial charge in [0.05, 0.1) is 0 Å². The number of fused-ring (bicyclic) bond motifs is 2. The molecule has 0 bridgehead atoms. The Morgan fingerprint density at radius 3 is 2.67 bits per heavy atom. The van der Waals surface area contributed by atoms with Crippen LogP contribution >= 0.6 is 0 Å². The normalized spacial score (nSPS) is 80.0. The van der Waals surface area contributed by atoms with Crippen molar-refractivity contribution < 1.29 is 0 Å². The van der Waals surface area contributed by atoms with Gasteiger partial charge in [-0.3, -0.25) is 0 Å². The molecule has 48 valence electrons. The SMILES string of the molecule is C1C2CC23CC2C[C@@H]2C13. The Hall–Kier alpha value is 0. The molecule has 4 aliphatic carbocycles. The molecule has 9 heavy (non-hydrogen) atoms. The van der Waals surface area contributed by atoms with Gasteiger partial charge >= 0.3 is 0 Å². The van der Waals surface area contributed by atoms with Crippen molar-refractivity contribution in [2.75, 3.05) is 0 Å². The van der Waals surface area contributed by atoms with Crippen LogP contribution in [-0.4, -0.2) is 0 Å². The van der Waals surface area contributed by atoms with Gasteiger partial charge in [0.2, 0.25) is 0 Å². The molecule has 0 aromatic rings. The highest BCUT2D eigenvalue weighted by atomic mass is 14.8. The number of hydrogen-bond donors (Lipinski definition) is 0. The summed E-state index contributed by atoms with van der Waals surface area (Å²) < 4.78 is 0. The quantitative estimate of drug-likeness (QED) is 0.459. The minimum Gasteiger partial charge on any atom is -0.0467 e. The average molecular weight is 120 g/mol. The van der Waals surface area contributed by atoms with E-state index in [-0.39, 0.29) is 0 Å². The summed E-state index contributed by atoms with van der Waals surface area (Å²) in [7, 11) is 0. The third kappa shape index (κ3) is 0.249. The lowest BCUT2D eigenvalue weighted by molar-refractivity contribution is 0.163. The van der Waals surface area contributed by atoms with E-state index in [1.54, 1.807) is 25.7 Å². The smallest absolute Gasteiger partial charge is 0.0232 e. The summed E-state index contributed by atoms with van der Waals surface area (Å²) in [5.74, 6) is 4.99. The van der Waals surface area contributed by atoms with E-state index >= 15 is 0 Å².